The Morgan fingerprint density at radius 3 is 2.78 bits per heavy atom. The average Bonchev–Trinajstić information content (AvgIpc) is 2.73. The first-order valence-corrected chi connectivity index (χ1v) is 7.42. The summed E-state index contributed by atoms with van der Waals surface area (Å²) in [4.78, 5) is 4.25. The van der Waals surface area contributed by atoms with Crippen LogP contribution in [0.3, 0.4) is 0 Å². The molecule has 0 saturated heterocycles. The SMILES string of the molecule is CSCC(C)n1c(CCl)nc2ccc(F)c(F)c21. The predicted molar refractivity (Wildman–Crippen MR) is 72.3 cm³/mol. The van der Waals surface area contributed by atoms with E-state index >= 15 is 0 Å². The topological polar surface area (TPSA) is 17.8 Å². The van der Waals surface area contributed by atoms with Crippen molar-refractivity contribution in [2.45, 2.75) is 18.8 Å². The van der Waals surface area contributed by atoms with E-state index in [-0.39, 0.29) is 17.4 Å². The molecule has 0 spiro atoms. The Balaban J connectivity index is 2.70. The largest absolute Gasteiger partial charge is 0.321 e. The van der Waals surface area contributed by atoms with Crippen molar-refractivity contribution in [2.24, 2.45) is 0 Å². The molecule has 1 aromatic carbocycles. The zero-order valence-electron chi connectivity index (χ0n) is 10.1. The molecule has 0 fully saturated rings. The van der Waals surface area contributed by atoms with Crippen molar-refractivity contribution in [3.05, 3.63) is 29.6 Å². The van der Waals surface area contributed by atoms with Crippen LogP contribution in [-0.4, -0.2) is 21.6 Å². The van der Waals surface area contributed by atoms with E-state index in [0.717, 1.165) is 11.8 Å². The lowest BCUT2D eigenvalue weighted by atomic mass is 10.2. The van der Waals surface area contributed by atoms with Gasteiger partial charge >= 0.3 is 0 Å². The fourth-order valence-corrected chi connectivity index (χ4v) is 2.88. The van der Waals surface area contributed by atoms with E-state index < -0.39 is 11.6 Å². The third-order valence-corrected chi connectivity index (χ3v) is 3.84. The van der Waals surface area contributed by atoms with Crippen LogP contribution in [0.15, 0.2) is 12.1 Å². The molecule has 1 unspecified atom stereocenters. The summed E-state index contributed by atoms with van der Waals surface area (Å²) in [5.74, 6) is -0.192. The highest BCUT2D eigenvalue weighted by atomic mass is 35.5. The monoisotopic (exact) mass is 290 g/mol. The fraction of sp³-hybridized carbons (Fsp3) is 0.417. The summed E-state index contributed by atoms with van der Waals surface area (Å²) in [5.41, 5.74) is 0.643. The van der Waals surface area contributed by atoms with Gasteiger partial charge in [0.1, 0.15) is 11.3 Å². The van der Waals surface area contributed by atoms with Crippen LogP contribution < -0.4 is 0 Å². The van der Waals surface area contributed by atoms with Crippen LogP contribution in [0, 0.1) is 11.6 Å². The second-order valence-corrected chi connectivity index (χ2v) is 5.24. The first-order valence-electron chi connectivity index (χ1n) is 5.49. The maximum atomic E-state index is 13.9. The number of halogens is 3. The highest BCUT2D eigenvalue weighted by molar-refractivity contribution is 7.98. The molecule has 1 atom stereocenters. The van der Waals surface area contributed by atoms with Crippen molar-refractivity contribution < 1.29 is 8.78 Å². The number of hydrogen-bond donors (Lipinski definition) is 0. The van der Waals surface area contributed by atoms with Crippen LogP contribution in [0.2, 0.25) is 0 Å². The number of benzene rings is 1. The lowest BCUT2D eigenvalue weighted by Crippen LogP contribution is -2.11. The van der Waals surface area contributed by atoms with Gasteiger partial charge in [0.05, 0.1) is 11.4 Å². The molecule has 0 radical (unpaired) electrons. The van der Waals surface area contributed by atoms with Gasteiger partial charge in [0, 0.05) is 11.8 Å². The van der Waals surface area contributed by atoms with Gasteiger partial charge in [0.2, 0.25) is 0 Å². The maximum absolute atomic E-state index is 13.9. The van der Waals surface area contributed by atoms with E-state index in [1.54, 1.807) is 16.3 Å². The van der Waals surface area contributed by atoms with Crippen molar-refractivity contribution in [1.29, 1.82) is 0 Å². The predicted octanol–water partition coefficient (Wildman–Crippen LogP) is 3.98. The molecule has 0 aliphatic heterocycles. The minimum atomic E-state index is -0.860. The standard InChI is InChI=1S/C12H13ClF2N2S/c1-7(6-18-2)17-10(5-13)16-9-4-3-8(14)11(15)12(9)17/h3-4,7H,5-6H2,1-2H3. The molecule has 2 rings (SSSR count). The molecule has 98 valence electrons. The maximum Gasteiger partial charge on any atom is 0.184 e. The molecule has 2 aromatic rings. The van der Waals surface area contributed by atoms with Gasteiger partial charge in [-0.15, -0.1) is 11.6 Å². The molecular formula is C12H13ClF2N2S. The Morgan fingerprint density at radius 2 is 2.17 bits per heavy atom. The van der Waals surface area contributed by atoms with Crippen LogP contribution in [-0.2, 0) is 5.88 Å². The summed E-state index contributed by atoms with van der Waals surface area (Å²) < 4.78 is 29.0. The van der Waals surface area contributed by atoms with Crippen LogP contribution in [0.5, 0.6) is 0 Å². The Morgan fingerprint density at radius 1 is 1.44 bits per heavy atom. The number of hydrogen-bond acceptors (Lipinski definition) is 2. The Bertz CT molecular complexity index is 571. The van der Waals surface area contributed by atoms with Crippen LogP contribution in [0.4, 0.5) is 8.78 Å². The summed E-state index contributed by atoms with van der Waals surface area (Å²) in [5, 5.41) is 0. The van der Waals surface area contributed by atoms with E-state index in [4.69, 9.17) is 11.6 Å². The van der Waals surface area contributed by atoms with E-state index in [2.05, 4.69) is 4.98 Å². The number of alkyl halides is 1. The highest BCUT2D eigenvalue weighted by Gasteiger charge is 2.20. The minimum Gasteiger partial charge on any atom is -0.321 e. The van der Waals surface area contributed by atoms with E-state index in [1.165, 1.54) is 6.07 Å². The lowest BCUT2D eigenvalue weighted by Gasteiger charge is -2.16. The number of fused-ring (bicyclic) bond motifs is 1. The smallest absolute Gasteiger partial charge is 0.184 e. The van der Waals surface area contributed by atoms with E-state index in [0.29, 0.717) is 11.3 Å². The number of aromatic nitrogens is 2. The molecule has 0 bridgehead atoms. The van der Waals surface area contributed by atoms with Gasteiger partial charge in [0.15, 0.2) is 11.6 Å². The highest BCUT2D eigenvalue weighted by Crippen LogP contribution is 2.27. The second kappa shape index (κ2) is 5.45. The first-order chi connectivity index (χ1) is 8.60. The molecule has 1 heterocycles. The van der Waals surface area contributed by atoms with Crippen LogP contribution in [0.25, 0.3) is 11.0 Å². The zero-order valence-corrected chi connectivity index (χ0v) is 11.7. The van der Waals surface area contributed by atoms with Crippen molar-refractivity contribution >= 4 is 34.4 Å². The second-order valence-electron chi connectivity index (χ2n) is 4.07. The normalized spacial score (nSPS) is 13.2. The van der Waals surface area contributed by atoms with Gasteiger partial charge in [-0.05, 0) is 25.3 Å². The number of thioether (sulfide) groups is 1. The summed E-state index contributed by atoms with van der Waals surface area (Å²) in [6.45, 7) is 1.94. The van der Waals surface area contributed by atoms with Crippen molar-refractivity contribution in [1.82, 2.24) is 9.55 Å². The van der Waals surface area contributed by atoms with Gasteiger partial charge in [-0.1, -0.05) is 0 Å². The van der Waals surface area contributed by atoms with Gasteiger partial charge in [0.25, 0.3) is 0 Å². The van der Waals surface area contributed by atoms with Crippen LogP contribution in [0.1, 0.15) is 18.8 Å². The molecule has 0 aliphatic carbocycles. The molecule has 0 aliphatic rings. The third kappa shape index (κ3) is 2.21. The van der Waals surface area contributed by atoms with E-state index in [9.17, 15) is 8.78 Å². The fourth-order valence-electron chi connectivity index (χ4n) is 2.06. The molecule has 2 nitrogen and oxygen atoms in total. The number of nitrogens with zero attached hydrogens (tertiary/aromatic N) is 2. The lowest BCUT2D eigenvalue weighted by molar-refractivity contribution is 0.505. The number of rotatable bonds is 4. The van der Waals surface area contributed by atoms with Gasteiger partial charge in [-0.25, -0.2) is 13.8 Å². The van der Waals surface area contributed by atoms with Crippen molar-refractivity contribution in [2.75, 3.05) is 12.0 Å². The number of imidazole rings is 1. The minimum absolute atomic E-state index is 0.00931. The Labute approximate surface area is 113 Å². The third-order valence-electron chi connectivity index (χ3n) is 2.78. The first kappa shape index (κ1) is 13.6. The molecule has 1 aromatic heterocycles. The summed E-state index contributed by atoms with van der Waals surface area (Å²) in [6.07, 6.45) is 1.97. The molecule has 0 amide bonds. The molecule has 6 heteroatoms. The summed E-state index contributed by atoms with van der Waals surface area (Å²) >= 11 is 7.47. The van der Waals surface area contributed by atoms with E-state index in [1.807, 2.05) is 13.2 Å². The summed E-state index contributed by atoms with van der Waals surface area (Å²) in [7, 11) is 0. The Kier molecular flexibility index (Phi) is 4.12. The Hall–Kier alpha value is -0.810. The van der Waals surface area contributed by atoms with Gasteiger partial charge < -0.3 is 4.57 Å². The van der Waals surface area contributed by atoms with Crippen LogP contribution >= 0.6 is 23.4 Å². The van der Waals surface area contributed by atoms with Crippen molar-refractivity contribution in [3.63, 3.8) is 0 Å². The zero-order chi connectivity index (χ0) is 13.3. The molecule has 0 N–H and O–H groups in total. The van der Waals surface area contributed by atoms with Gasteiger partial charge in [-0.2, -0.15) is 11.8 Å². The molecule has 0 saturated carbocycles. The summed E-state index contributed by atoms with van der Waals surface area (Å²) in [6, 6.07) is 2.58. The molecular weight excluding hydrogens is 278 g/mol. The van der Waals surface area contributed by atoms with Crippen molar-refractivity contribution in [3.8, 4) is 0 Å². The average molecular weight is 291 g/mol. The molecule has 18 heavy (non-hydrogen) atoms. The van der Waals surface area contributed by atoms with Gasteiger partial charge in [-0.3, -0.25) is 0 Å². The quantitative estimate of drug-likeness (QED) is 0.793.